The molecule has 0 fully saturated rings. The number of nitrogens with zero attached hydrogens (tertiary/aromatic N) is 4. The van der Waals surface area contributed by atoms with Crippen LogP contribution in [0.2, 0.25) is 0 Å². The maximum absolute atomic E-state index is 5.25. The zero-order valence-electron chi connectivity index (χ0n) is 33.2. The summed E-state index contributed by atoms with van der Waals surface area (Å²) in [5.41, 5.74) is 18.0. The lowest BCUT2D eigenvalue weighted by Gasteiger charge is -2.31. The Labute approximate surface area is 344 Å². The monoisotopic (exact) mass is 756 g/mol. The van der Waals surface area contributed by atoms with Gasteiger partial charge in [0.05, 0.1) is 16.4 Å². The summed E-state index contributed by atoms with van der Waals surface area (Å²) in [4.78, 5) is 15.6. The van der Waals surface area contributed by atoms with E-state index < -0.39 is 5.41 Å². The Bertz CT molecular complexity index is 3270. The van der Waals surface area contributed by atoms with Crippen molar-refractivity contribution in [2.24, 2.45) is 0 Å². The zero-order chi connectivity index (χ0) is 39.8. The van der Waals surface area contributed by atoms with E-state index in [0.29, 0.717) is 17.5 Å². The summed E-state index contributed by atoms with van der Waals surface area (Å²) in [5.74, 6) is 1.90. The third-order valence-corrected chi connectivity index (χ3v) is 12.5. The number of aryl methyl sites for hydroxylation is 1. The lowest BCUT2D eigenvalue weighted by atomic mass is 9.70. The van der Waals surface area contributed by atoms with Crippen molar-refractivity contribution in [2.75, 3.05) is 0 Å². The van der Waals surface area contributed by atoms with Crippen molar-refractivity contribution in [3.63, 3.8) is 0 Å². The van der Waals surface area contributed by atoms with Gasteiger partial charge in [-0.15, -0.1) is 0 Å². The molecule has 59 heavy (non-hydrogen) atoms. The molecule has 7 aromatic carbocycles. The number of fused-ring (bicyclic) bond motifs is 13. The number of aromatic nitrogens is 4. The van der Waals surface area contributed by atoms with Crippen molar-refractivity contribution in [3.05, 3.63) is 222 Å². The Balaban J connectivity index is 1.22. The third kappa shape index (κ3) is 4.99. The van der Waals surface area contributed by atoms with Gasteiger partial charge in [-0.25, -0.2) is 15.0 Å². The molecule has 11 rings (SSSR count). The first-order chi connectivity index (χ1) is 29.0. The number of allylic oxidation sites excluding steroid dienone is 5. The fourth-order valence-corrected chi connectivity index (χ4v) is 9.82. The Morgan fingerprint density at radius 3 is 1.93 bits per heavy atom. The van der Waals surface area contributed by atoms with Gasteiger partial charge in [0.25, 0.3) is 0 Å². The second kappa shape index (κ2) is 13.3. The van der Waals surface area contributed by atoms with Gasteiger partial charge in [-0.05, 0) is 113 Å². The first-order valence-corrected chi connectivity index (χ1v) is 20.3. The van der Waals surface area contributed by atoms with Crippen LogP contribution in [0.3, 0.4) is 0 Å². The van der Waals surface area contributed by atoms with E-state index >= 15 is 0 Å². The van der Waals surface area contributed by atoms with Crippen LogP contribution in [0.4, 0.5) is 0 Å². The Morgan fingerprint density at radius 2 is 1.19 bits per heavy atom. The molecule has 0 saturated heterocycles. The molecule has 1 unspecified atom stereocenters. The normalized spacial score (nSPS) is 15.4. The van der Waals surface area contributed by atoms with Crippen LogP contribution in [-0.4, -0.2) is 19.5 Å². The fraction of sp³-hybridized carbons (Fsp3) is 0.0727. The van der Waals surface area contributed by atoms with Gasteiger partial charge in [0, 0.05) is 33.2 Å². The van der Waals surface area contributed by atoms with Crippen molar-refractivity contribution >= 4 is 27.4 Å². The predicted octanol–water partition coefficient (Wildman–Crippen LogP) is 13.5. The molecule has 2 aromatic heterocycles. The number of rotatable bonds is 6. The highest BCUT2D eigenvalue weighted by molar-refractivity contribution is 6.12. The minimum atomic E-state index is -0.579. The molecule has 1 spiro atoms. The highest BCUT2D eigenvalue weighted by Gasteiger charge is 2.52. The molecule has 2 aliphatic rings. The topological polar surface area (TPSA) is 43.6 Å². The minimum absolute atomic E-state index is 0.579. The molecule has 280 valence electrons. The summed E-state index contributed by atoms with van der Waals surface area (Å²) in [7, 11) is 0. The van der Waals surface area contributed by atoms with Crippen molar-refractivity contribution in [2.45, 2.75) is 26.2 Å². The second-order valence-electron chi connectivity index (χ2n) is 15.6. The molecular formula is C55H40N4. The van der Waals surface area contributed by atoms with Crippen molar-refractivity contribution < 1.29 is 0 Å². The van der Waals surface area contributed by atoms with E-state index in [1.165, 1.54) is 66.3 Å². The lowest BCUT2D eigenvalue weighted by Crippen LogP contribution is -2.26. The molecule has 0 radical (unpaired) electrons. The molecular weight excluding hydrogens is 717 g/mol. The fourth-order valence-electron chi connectivity index (χ4n) is 9.82. The summed E-state index contributed by atoms with van der Waals surface area (Å²) < 4.78 is 2.43. The second-order valence-corrected chi connectivity index (χ2v) is 15.6. The van der Waals surface area contributed by atoms with Crippen LogP contribution < -0.4 is 0 Å². The molecule has 0 bridgehead atoms. The third-order valence-electron chi connectivity index (χ3n) is 12.5. The van der Waals surface area contributed by atoms with Crippen molar-refractivity contribution in [1.82, 2.24) is 19.5 Å². The SMILES string of the molecule is C=C/C(C)=C(\C=C/C)c1nc(-c2ccc3c(c2)C2(c4ccccc4-3)c3ccccc3-c3cc4c5ccccc5n(-c5ccccc5)c4cc32)nc(-c2ccccc2C)n1. The molecule has 4 heteroatoms. The lowest BCUT2D eigenvalue weighted by molar-refractivity contribution is 0.794. The van der Waals surface area contributed by atoms with Gasteiger partial charge in [-0.3, -0.25) is 0 Å². The average Bonchev–Trinajstić information content (AvgIpc) is 3.88. The maximum atomic E-state index is 5.25. The van der Waals surface area contributed by atoms with Crippen molar-refractivity contribution in [1.29, 1.82) is 0 Å². The van der Waals surface area contributed by atoms with Crippen LogP contribution in [0, 0.1) is 6.92 Å². The summed E-state index contributed by atoms with van der Waals surface area (Å²) in [6.07, 6.45) is 5.96. The van der Waals surface area contributed by atoms with Crippen LogP contribution in [0.15, 0.2) is 188 Å². The van der Waals surface area contributed by atoms with Crippen LogP contribution in [0.1, 0.15) is 47.5 Å². The van der Waals surface area contributed by atoms with Crippen molar-refractivity contribution in [3.8, 4) is 50.7 Å². The summed E-state index contributed by atoms with van der Waals surface area (Å²) >= 11 is 0. The average molecular weight is 757 g/mol. The molecule has 4 nitrogen and oxygen atoms in total. The Kier molecular flexibility index (Phi) is 7.86. The molecule has 2 heterocycles. The Morgan fingerprint density at radius 1 is 0.559 bits per heavy atom. The van der Waals surface area contributed by atoms with Gasteiger partial charge in [0.15, 0.2) is 17.5 Å². The number of benzene rings is 7. The van der Waals surface area contributed by atoms with Gasteiger partial charge in [0.2, 0.25) is 0 Å². The molecule has 9 aromatic rings. The molecule has 0 aliphatic heterocycles. The molecule has 0 saturated carbocycles. The van der Waals surface area contributed by atoms with E-state index in [4.69, 9.17) is 15.0 Å². The molecule has 0 N–H and O–H groups in total. The standard InChI is InChI=1S/C55H40N4/c1-5-18-38(34(3)6-2)53-56-52(57-54(58-53)39-22-11-10-19-35(39)4)36-29-30-42-40-23-12-15-26-46(40)55(48(42)31-36)47-27-16-13-24-41(47)44-32-45-43-25-14-17-28-50(43)59(51(45)33-49(44)55)37-20-8-7-9-21-37/h5-33H,2H2,1,3-4H3/b18-5-,38-34+. The van der Waals surface area contributed by atoms with E-state index in [2.05, 4.69) is 183 Å². The predicted molar refractivity (Wildman–Crippen MR) is 244 cm³/mol. The molecule has 1 atom stereocenters. The van der Waals surface area contributed by atoms with Crippen LogP contribution >= 0.6 is 0 Å². The first kappa shape index (κ1) is 34.8. The van der Waals surface area contributed by atoms with Gasteiger partial charge < -0.3 is 4.57 Å². The molecule has 0 amide bonds. The largest absolute Gasteiger partial charge is 0.309 e. The highest BCUT2D eigenvalue weighted by atomic mass is 15.0. The summed E-state index contributed by atoms with van der Waals surface area (Å²) in [5, 5.41) is 2.49. The number of para-hydroxylation sites is 2. The summed E-state index contributed by atoms with van der Waals surface area (Å²) in [6, 6.07) is 57.6. The van der Waals surface area contributed by atoms with Crippen LogP contribution in [0.5, 0.6) is 0 Å². The van der Waals surface area contributed by atoms with E-state index in [1.54, 1.807) is 0 Å². The van der Waals surface area contributed by atoms with Gasteiger partial charge >= 0.3 is 0 Å². The van der Waals surface area contributed by atoms with E-state index in [9.17, 15) is 0 Å². The zero-order valence-corrected chi connectivity index (χ0v) is 33.2. The summed E-state index contributed by atoms with van der Waals surface area (Å²) in [6.45, 7) is 10.3. The first-order valence-electron chi connectivity index (χ1n) is 20.3. The Hall–Kier alpha value is -7.43. The van der Waals surface area contributed by atoms with E-state index in [0.717, 1.165) is 33.5 Å². The smallest absolute Gasteiger partial charge is 0.164 e. The van der Waals surface area contributed by atoms with Gasteiger partial charge in [-0.2, -0.15) is 0 Å². The van der Waals surface area contributed by atoms with Crippen LogP contribution in [-0.2, 0) is 5.41 Å². The van der Waals surface area contributed by atoms with E-state index in [-0.39, 0.29) is 0 Å². The maximum Gasteiger partial charge on any atom is 0.164 e. The van der Waals surface area contributed by atoms with Gasteiger partial charge in [0.1, 0.15) is 0 Å². The number of hydrogen-bond donors (Lipinski definition) is 0. The minimum Gasteiger partial charge on any atom is -0.309 e. The highest BCUT2D eigenvalue weighted by Crippen LogP contribution is 2.63. The quantitative estimate of drug-likeness (QED) is 0.159. The van der Waals surface area contributed by atoms with Gasteiger partial charge in [-0.1, -0.05) is 146 Å². The molecule has 2 aliphatic carbocycles. The number of hydrogen-bond acceptors (Lipinski definition) is 3. The van der Waals surface area contributed by atoms with E-state index in [1.807, 2.05) is 25.1 Å². The van der Waals surface area contributed by atoms with Crippen LogP contribution in [0.25, 0.3) is 78.1 Å².